The van der Waals surface area contributed by atoms with E-state index < -0.39 is 0 Å². The van der Waals surface area contributed by atoms with E-state index in [0.717, 1.165) is 77.1 Å². The van der Waals surface area contributed by atoms with Crippen LogP contribution < -0.4 is 10.1 Å². The number of ether oxygens (including phenoxy) is 1. The van der Waals surface area contributed by atoms with Crippen LogP contribution in [-0.2, 0) is 17.6 Å². The quantitative estimate of drug-likeness (QED) is 0.390. The van der Waals surface area contributed by atoms with Gasteiger partial charge >= 0.3 is 0 Å². The lowest BCUT2D eigenvalue weighted by Crippen LogP contribution is -2.39. The molecule has 1 saturated heterocycles. The van der Waals surface area contributed by atoms with Gasteiger partial charge in [-0.2, -0.15) is 5.10 Å². The third kappa shape index (κ3) is 4.53. The fraction of sp³-hybridized carbons (Fsp3) is 0.481. The van der Waals surface area contributed by atoms with Crippen molar-refractivity contribution in [3.05, 3.63) is 35.1 Å². The number of likely N-dealkylation sites (tertiary alicyclic amines) is 1. The molecule has 0 bridgehead atoms. The Morgan fingerprint density at radius 2 is 2.14 bits per heavy atom. The molecular weight excluding hydrogens is 486 g/mol. The Balaban J connectivity index is 1.29. The third-order valence-electron chi connectivity index (χ3n) is 7.56. The van der Waals surface area contributed by atoms with E-state index in [9.17, 15) is 4.79 Å². The highest BCUT2D eigenvalue weighted by molar-refractivity contribution is 7.19. The maximum Gasteiger partial charge on any atom is 0.226 e. The molecule has 4 aromatic rings. The Bertz CT molecular complexity index is 1460. The van der Waals surface area contributed by atoms with Gasteiger partial charge < -0.3 is 19.9 Å². The number of nitrogens with zero attached hydrogens (tertiary/aromatic N) is 5. The topological polar surface area (TPSA) is 99.3 Å². The maximum absolute atomic E-state index is 13.4. The van der Waals surface area contributed by atoms with Crippen LogP contribution >= 0.6 is 11.3 Å². The Morgan fingerprint density at radius 1 is 1.27 bits per heavy atom. The predicted molar refractivity (Wildman–Crippen MR) is 147 cm³/mol. The van der Waals surface area contributed by atoms with Crippen molar-refractivity contribution in [1.29, 1.82) is 0 Å². The SMILES string of the molecule is CC(C)Oc1cc2[nH]ncc2cc1Nc1ncnc2sc3c(c12)CC[C@H](C(=O)N1CC[C@@H](N(C)C)C1)C3. The standard InChI is InChI=1S/C27H33N7O2S/c1-15(2)36-22-11-20-17(12-30-32-20)9-21(22)31-25-24-19-6-5-16(10-23(19)37-26(24)29-14-28-25)27(35)34-8-7-18(13-34)33(3)4/h9,11-12,14-16,18H,5-8,10,13H2,1-4H3,(H,30,32)(H,28,29,31)/t16-,18+/m0/s1. The Kier molecular flexibility index (Phi) is 6.24. The molecule has 37 heavy (non-hydrogen) atoms. The van der Waals surface area contributed by atoms with Gasteiger partial charge in [-0.15, -0.1) is 11.3 Å². The normalized spacial score (nSPS) is 19.8. The summed E-state index contributed by atoms with van der Waals surface area (Å²) in [5.74, 6) is 1.87. The van der Waals surface area contributed by atoms with Crippen LogP contribution in [0.15, 0.2) is 24.7 Å². The third-order valence-corrected chi connectivity index (χ3v) is 8.72. The van der Waals surface area contributed by atoms with Crippen molar-refractivity contribution in [3.8, 4) is 5.75 Å². The zero-order chi connectivity index (χ0) is 25.7. The van der Waals surface area contributed by atoms with Gasteiger partial charge in [-0.05, 0) is 65.3 Å². The Labute approximate surface area is 220 Å². The zero-order valence-corrected chi connectivity index (χ0v) is 22.6. The molecule has 1 fully saturated rings. The summed E-state index contributed by atoms with van der Waals surface area (Å²) in [6.45, 7) is 5.72. The first-order chi connectivity index (χ1) is 17.9. The van der Waals surface area contributed by atoms with Gasteiger partial charge in [0.2, 0.25) is 5.91 Å². The molecule has 4 heterocycles. The summed E-state index contributed by atoms with van der Waals surface area (Å²) in [6.07, 6.45) is 6.99. The number of amides is 1. The molecule has 2 N–H and O–H groups in total. The van der Waals surface area contributed by atoms with Gasteiger partial charge in [0.05, 0.1) is 28.9 Å². The second-order valence-electron chi connectivity index (χ2n) is 10.6. The number of hydrogen-bond donors (Lipinski definition) is 2. The number of aryl methyl sites for hydroxylation is 1. The number of likely N-dealkylation sites (N-methyl/N-ethyl adjacent to an activating group) is 1. The van der Waals surface area contributed by atoms with E-state index in [2.05, 4.69) is 49.4 Å². The number of anilines is 2. The fourth-order valence-electron chi connectivity index (χ4n) is 5.59. The van der Waals surface area contributed by atoms with Gasteiger partial charge in [0.1, 0.15) is 22.7 Å². The van der Waals surface area contributed by atoms with Gasteiger partial charge in [0.25, 0.3) is 0 Å². The van der Waals surface area contributed by atoms with E-state index in [1.165, 1.54) is 10.4 Å². The van der Waals surface area contributed by atoms with E-state index in [1.807, 2.05) is 26.0 Å². The number of fused-ring (bicyclic) bond motifs is 4. The summed E-state index contributed by atoms with van der Waals surface area (Å²) in [4.78, 5) is 29.1. The zero-order valence-electron chi connectivity index (χ0n) is 21.7. The van der Waals surface area contributed by atoms with Crippen molar-refractivity contribution in [2.75, 3.05) is 32.5 Å². The molecule has 0 spiro atoms. The smallest absolute Gasteiger partial charge is 0.226 e. The van der Waals surface area contributed by atoms with Crippen LogP contribution in [0.1, 0.15) is 37.1 Å². The number of aromatic nitrogens is 4. The molecule has 10 heteroatoms. The highest BCUT2D eigenvalue weighted by Gasteiger charge is 2.35. The lowest BCUT2D eigenvalue weighted by molar-refractivity contribution is -0.134. The van der Waals surface area contributed by atoms with Gasteiger partial charge in [-0.1, -0.05) is 0 Å². The number of thiophene rings is 1. The molecule has 1 aliphatic carbocycles. The second kappa shape index (κ2) is 9.57. The van der Waals surface area contributed by atoms with E-state index in [-0.39, 0.29) is 12.0 Å². The first-order valence-electron chi connectivity index (χ1n) is 13.0. The lowest BCUT2D eigenvalue weighted by atomic mass is 9.87. The molecule has 0 saturated carbocycles. The second-order valence-corrected chi connectivity index (χ2v) is 11.7. The molecule has 1 aromatic carbocycles. The molecule has 1 aliphatic heterocycles. The number of H-pyrrole nitrogens is 1. The van der Waals surface area contributed by atoms with Crippen LogP contribution in [-0.4, -0.2) is 75.2 Å². The maximum atomic E-state index is 13.4. The minimum Gasteiger partial charge on any atom is -0.489 e. The van der Waals surface area contributed by atoms with Gasteiger partial charge in [0.15, 0.2) is 0 Å². The molecule has 194 valence electrons. The summed E-state index contributed by atoms with van der Waals surface area (Å²) in [5.41, 5.74) is 3.04. The number of hydrogen-bond acceptors (Lipinski definition) is 8. The van der Waals surface area contributed by atoms with Crippen LogP contribution in [0.3, 0.4) is 0 Å². The summed E-state index contributed by atoms with van der Waals surface area (Å²) < 4.78 is 6.12. The summed E-state index contributed by atoms with van der Waals surface area (Å²) in [6, 6.07) is 4.47. The Morgan fingerprint density at radius 3 is 2.92 bits per heavy atom. The van der Waals surface area contributed by atoms with Gasteiger partial charge in [0, 0.05) is 41.4 Å². The average molecular weight is 520 g/mol. The van der Waals surface area contributed by atoms with Crippen molar-refractivity contribution in [2.24, 2.45) is 5.92 Å². The highest BCUT2D eigenvalue weighted by atomic mass is 32.1. The molecule has 0 radical (unpaired) electrons. The van der Waals surface area contributed by atoms with Gasteiger partial charge in [-0.25, -0.2) is 9.97 Å². The van der Waals surface area contributed by atoms with Crippen LogP contribution in [0.2, 0.25) is 0 Å². The van der Waals surface area contributed by atoms with E-state index in [4.69, 9.17) is 4.74 Å². The van der Waals surface area contributed by atoms with E-state index in [0.29, 0.717) is 11.9 Å². The van der Waals surface area contributed by atoms with Crippen molar-refractivity contribution in [2.45, 2.75) is 51.7 Å². The van der Waals surface area contributed by atoms with Crippen LogP contribution in [0, 0.1) is 5.92 Å². The number of carbonyl (C=O) groups excluding carboxylic acids is 1. The van der Waals surface area contributed by atoms with Crippen molar-refractivity contribution >= 4 is 49.9 Å². The summed E-state index contributed by atoms with van der Waals surface area (Å²) in [5, 5.41) is 12.8. The molecule has 9 nitrogen and oxygen atoms in total. The Hall–Kier alpha value is -3.24. The molecule has 3 aromatic heterocycles. The highest BCUT2D eigenvalue weighted by Crippen LogP contribution is 2.42. The molecule has 0 unspecified atom stereocenters. The minimum absolute atomic E-state index is 0.0262. The molecule has 6 rings (SSSR count). The monoisotopic (exact) mass is 519 g/mol. The van der Waals surface area contributed by atoms with Crippen molar-refractivity contribution in [1.82, 2.24) is 30.0 Å². The van der Waals surface area contributed by atoms with Crippen molar-refractivity contribution < 1.29 is 9.53 Å². The molecule has 1 amide bonds. The van der Waals surface area contributed by atoms with Gasteiger partial charge in [-0.3, -0.25) is 9.89 Å². The molecule has 2 atom stereocenters. The van der Waals surface area contributed by atoms with E-state index in [1.54, 1.807) is 23.9 Å². The number of rotatable bonds is 6. The van der Waals surface area contributed by atoms with Crippen molar-refractivity contribution in [3.63, 3.8) is 0 Å². The summed E-state index contributed by atoms with van der Waals surface area (Å²) in [7, 11) is 4.20. The predicted octanol–water partition coefficient (Wildman–Crippen LogP) is 4.37. The average Bonchev–Trinajstić information content (AvgIpc) is 3.61. The van der Waals surface area contributed by atoms with Crippen LogP contribution in [0.25, 0.3) is 21.1 Å². The number of carbonyl (C=O) groups is 1. The number of aromatic amines is 1. The first kappa shape index (κ1) is 24.1. The number of benzene rings is 1. The summed E-state index contributed by atoms with van der Waals surface area (Å²) >= 11 is 1.70. The number of nitrogens with one attached hydrogen (secondary N) is 2. The van der Waals surface area contributed by atoms with Crippen LogP contribution in [0.5, 0.6) is 5.75 Å². The first-order valence-corrected chi connectivity index (χ1v) is 13.8. The lowest BCUT2D eigenvalue weighted by Gasteiger charge is -2.27. The van der Waals surface area contributed by atoms with Crippen LogP contribution in [0.4, 0.5) is 11.5 Å². The minimum atomic E-state index is 0.0262. The molecular formula is C27H33N7O2S. The fourth-order valence-corrected chi connectivity index (χ4v) is 6.85. The van der Waals surface area contributed by atoms with E-state index >= 15 is 0 Å². The molecule has 2 aliphatic rings. The largest absolute Gasteiger partial charge is 0.489 e.